The van der Waals surface area contributed by atoms with Crippen LogP contribution in [0.25, 0.3) is 0 Å². The minimum absolute atomic E-state index is 0.297. The van der Waals surface area contributed by atoms with Crippen molar-refractivity contribution in [2.75, 3.05) is 6.61 Å². The second kappa shape index (κ2) is 3.61. The summed E-state index contributed by atoms with van der Waals surface area (Å²) in [6.07, 6.45) is 5.64. The largest absolute Gasteiger partial charge is 0.396 e. The van der Waals surface area contributed by atoms with Crippen molar-refractivity contribution in [3.05, 3.63) is 11.6 Å². The average Bonchev–Trinajstić information content (AvgIpc) is 2.28. The third-order valence-electron chi connectivity index (χ3n) is 3.37. The van der Waals surface area contributed by atoms with Crippen molar-refractivity contribution < 1.29 is 5.11 Å². The molecule has 1 atom stereocenters. The normalized spacial score (nSPS) is 27.3. The summed E-state index contributed by atoms with van der Waals surface area (Å²) in [6.45, 7) is 7.15. The molecule has 70 valence electrons. The first kappa shape index (κ1) is 9.79. The van der Waals surface area contributed by atoms with Crippen LogP contribution >= 0.6 is 0 Å². The van der Waals surface area contributed by atoms with Crippen LogP contribution in [-0.2, 0) is 0 Å². The Morgan fingerprint density at radius 1 is 1.58 bits per heavy atom. The molecule has 1 heteroatoms. The highest BCUT2D eigenvalue weighted by molar-refractivity contribution is 5.20. The lowest BCUT2D eigenvalue weighted by atomic mass is 9.75. The van der Waals surface area contributed by atoms with Crippen LogP contribution in [0.2, 0.25) is 0 Å². The molecular formula is C11H20O. The summed E-state index contributed by atoms with van der Waals surface area (Å²) in [5, 5.41) is 8.88. The van der Waals surface area contributed by atoms with E-state index < -0.39 is 0 Å². The lowest BCUT2D eigenvalue weighted by Gasteiger charge is -2.30. The van der Waals surface area contributed by atoms with E-state index in [1.165, 1.54) is 18.4 Å². The van der Waals surface area contributed by atoms with E-state index >= 15 is 0 Å². The molecule has 1 aliphatic carbocycles. The Morgan fingerprint density at radius 3 is 2.67 bits per heavy atom. The molecule has 0 spiro atoms. The molecular weight excluding hydrogens is 148 g/mol. The van der Waals surface area contributed by atoms with E-state index in [4.69, 9.17) is 5.11 Å². The van der Waals surface area contributed by atoms with Crippen molar-refractivity contribution in [3.8, 4) is 0 Å². The first-order chi connectivity index (χ1) is 5.62. The van der Waals surface area contributed by atoms with Gasteiger partial charge in [0.25, 0.3) is 0 Å². The van der Waals surface area contributed by atoms with Gasteiger partial charge in [0.1, 0.15) is 0 Å². The highest BCUT2D eigenvalue weighted by Gasteiger charge is 2.34. The Morgan fingerprint density at radius 2 is 2.25 bits per heavy atom. The zero-order valence-corrected chi connectivity index (χ0v) is 8.43. The molecule has 0 aromatic carbocycles. The maximum absolute atomic E-state index is 8.88. The molecule has 0 fully saturated rings. The Bertz CT molecular complexity index is 179. The van der Waals surface area contributed by atoms with E-state index in [2.05, 4.69) is 26.8 Å². The van der Waals surface area contributed by atoms with Crippen LogP contribution in [-0.4, -0.2) is 11.7 Å². The minimum Gasteiger partial charge on any atom is -0.396 e. The number of allylic oxidation sites excluding steroid dienone is 1. The minimum atomic E-state index is 0.297. The van der Waals surface area contributed by atoms with Gasteiger partial charge in [-0.2, -0.15) is 0 Å². The predicted octanol–water partition coefficient (Wildman–Crippen LogP) is 2.75. The van der Waals surface area contributed by atoms with Gasteiger partial charge in [0.15, 0.2) is 0 Å². The van der Waals surface area contributed by atoms with E-state index in [-0.39, 0.29) is 0 Å². The van der Waals surface area contributed by atoms with Crippen LogP contribution in [0.4, 0.5) is 0 Å². The van der Waals surface area contributed by atoms with Crippen LogP contribution in [0.3, 0.4) is 0 Å². The molecule has 1 rings (SSSR count). The third-order valence-corrected chi connectivity index (χ3v) is 3.37. The molecule has 0 aliphatic heterocycles. The molecule has 0 aromatic rings. The highest BCUT2D eigenvalue weighted by atomic mass is 16.2. The lowest BCUT2D eigenvalue weighted by Crippen LogP contribution is -2.21. The van der Waals surface area contributed by atoms with Crippen LogP contribution in [0.1, 0.15) is 40.0 Å². The smallest absolute Gasteiger partial charge is 0.0468 e. The van der Waals surface area contributed by atoms with E-state index in [1.807, 2.05) is 0 Å². The van der Waals surface area contributed by atoms with Gasteiger partial charge in [0.05, 0.1) is 0 Å². The number of hydrogen-bond acceptors (Lipinski definition) is 1. The molecule has 1 nitrogen and oxygen atoms in total. The first-order valence-electron chi connectivity index (χ1n) is 4.93. The maximum atomic E-state index is 8.88. The van der Waals surface area contributed by atoms with Gasteiger partial charge in [-0.3, -0.25) is 0 Å². The van der Waals surface area contributed by atoms with Gasteiger partial charge in [-0.1, -0.05) is 38.8 Å². The summed E-state index contributed by atoms with van der Waals surface area (Å²) < 4.78 is 0. The number of aliphatic hydroxyl groups excluding tert-OH is 1. The molecule has 1 N–H and O–H groups in total. The quantitative estimate of drug-likeness (QED) is 0.642. The monoisotopic (exact) mass is 168 g/mol. The van der Waals surface area contributed by atoms with Crippen molar-refractivity contribution in [1.82, 2.24) is 0 Å². The summed E-state index contributed by atoms with van der Waals surface area (Å²) in [5.41, 5.74) is 1.79. The lowest BCUT2D eigenvalue weighted by molar-refractivity contribution is 0.250. The van der Waals surface area contributed by atoms with Crippen LogP contribution < -0.4 is 0 Å². The van der Waals surface area contributed by atoms with Gasteiger partial charge >= 0.3 is 0 Å². The first-order valence-corrected chi connectivity index (χ1v) is 4.93. The molecule has 0 heterocycles. The summed E-state index contributed by atoms with van der Waals surface area (Å²) in [5.74, 6) is 0.791. The standard InChI is InChI=1S/C11H20O/c1-4-9-5-6-10(7-8-12)11(9,2)3/h6,9,12H,4-5,7-8H2,1-3H3. The zero-order chi connectivity index (χ0) is 9.19. The molecule has 0 saturated heterocycles. The Hall–Kier alpha value is -0.300. The fourth-order valence-corrected chi connectivity index (χ4v) is 2.33. The van der Waals surface area contributed by atoms with Crippen LogP contribution in [0, 0.1) is 11.3 Å². The number of hydrogen-bond donors (Lipinski definition) is 1. The molecule has 0 amide bonds. The summed E-state index contributed by atoms with van der Waals surface area (Å²) >= 11 is 0. The molecule has 1 aliphatic rings. The molecule has 0 saturated carbocycles. The summed E-state index contributed by atoms with van der Waals surface area (Å²) in [4.78, 5) is 0. The van der Waals surface area contributed by atoms with Crippen LogP contribution in [0.15, 0.2) is 11.6 Å². The van der Waals surface area contributed by atoms with Crippen molar-refractivity contribution in [2.24, 2.45) is 11.3 Å². The van der Waals surface area contributed by atoms with Gasteiger partial charge in [0, 0.05) is 6.61 Å². The zero-order valence-electron chi connectivity index (χ0n) is 8.43. The van der Waals surface area contributed by atoms with E-state index in [1.54, 1.807) is 0 Å². The topological polar surface area (TPSA) is 20.2 Å². The number of rotatable bonds is 3. The fourth-order valence-electron chi connectivity index (χ4n) is 2.33. The van der Waals surface area contributed by atoms with Gasteiger partial charge < -0.3 is 5.11 Å². The maximum Gasteiger partial charge on any atom is 0.0468 e. The van der Waals surface area contributed by atoms with Gasteiger partial charge in [0.2, 0.25) is 0 Å². The second-order valence-electron chi connectivity index (χ2n) is 4.27. The van der Waals surface area contributed by atoms with Crippen molar-refractivity contribution in [1.29, 1.82) is 0 Å². The summed E-state index contributed by atoms with van der Waals surface area (Å²) in [6, 6.07) is 0. The molecule has 0 radical (unpaired) electrons. The van der Waals surface area contributed by atoms with Crippen LogP contribution in [0.5, 0.6) is 0 Å². The Labute approximate surface area is 75.5 Å². The van der Waals surface area contributed by atoms with Gasteiger partial charge in [-0.05, 0) is 24.2 Å². The summed E-state index contributed by atoms with van der Waals surface area (Å²) in [7, 11) is 0. The Kier molecular flexibility index (Phi) is 2.94. The Balaban J connectivity index is 2.66. The highest BCUT2D eigenvalue weighted by Crippen LogP contribution is 2.45. The number of aliphatic hydroxyl groups is 1. The third kappa shape index (κ3) is 1.56. The molecule has 12 heavy (non-hydrogen) atoms. The van der Waals surface area contributed by atoms with E-state index in [9.17, 15) is 0 Å². The average molecular weight is 168 g/mol. The fraction of sp³-hybridized carbons (Fsp3) is 0.818. The molecule has 0 aromatic heterocycles. The van der Waals surface area contributed by atoms with Gasteiger partial charge in [-0.15, -0.1) is 0 Å². The molecule has 0 bridgehead atoms. The predicted molar refractivity (Wildman–Crippen MR) is 52.0 cm³/mol. The molecule has 1 unspecified atom stereocenters. The second-order valence-corrected chi connectivity index (χ2v) is 4.27. The van der Waals surface area contributed by atoms with Crippen molar-refractivity contribution in [3.63, 3.8) is 0 Å². The van der Waals surface area contributed by atoms with E-state index in [0.29, 0.717) is 12.0 Å². The van der Waals surface area contributed by atoms with Crippen molar-refractivity contribution >= 4 is 0 Å². The van der Waals surface area contributed by atoms with Crippen molar-refractivity contribution in [2.45, 2.75) is 40.0 Å². The van der Waals surface area contributed by atoms with E-state index in [0.717, 1.165) is 12.3 Å². The van der Waals surface area contributed by atoms with Gasteiger partial charge in [-0.25, -0.2) is 0 Å². The SMILES string of the molecule is CCC1CC=C(CCO)C1(C)C.